The van der Waals surface area contributed by atoms with Gasteiger partial charge in [-0.3, -0.25) is 4.79 Å². The van der Waals surface area contributed by atoms with E-state index in [0.29, 0.717) is 17.8 Å². The molecule has 0 aliphatic heterocycles. The minimum Gasteiger partial charge on any atom is -0.481 e. The third-order valence-corrected chi connectivity index (χ3v) is 2.92. The summed E-state index contributed by atoms with van der Waals surface area (Å²) >= 11 is 0. The lowest BCUT2D eigenvalue weighted by molar-refractivity contribution is -0.136. The smallest absolute Gasteiger partial charge is 0.335 e. The minimum absolute atomic E-state index is 0.00249. The van der Waals surface area contributed by atoms with Crippen molar-refractivity contribution in [3.63, 3.8) is 0 Å². The Morgan fingerprint density at radius 3 is 2.40 bits per heavy atom. The third kappa shape index (κ3) is 2.82. The van der Waals surface area contributed by atoms with Crippen molar-refractivity contribution in [1.29, 1.82) is 0 Å². The van der Waals surface area contributed by atoms with Gasteiger partial charge in [0.15, 0.2) is 0 Å². The lowest BCUT2D eigenvalue weighted by Gasteiger charge is -2.04. The van der Waals surface area contributed by atoms with Gasteiger partial charge < -0.3 is 10.2 Å². The predicted molar refractivity (Wildman–Crippen MR) is 69.0 cm³/mol. The fourth-order valence-corrected chi connectivity index (χ4v) is 1.81. The molecule has 1 heterocycles. The zero-order valence-corrected chi connectivity index (χ0v) is 10.8. The van der Waals surface area contributed by atoms with Gasteiger partial charge in [0.1, 0.15) is 0 Å². The Morgan fingerprint density at radius 1 is 1.20 bits per heavy atom. The number of aromatic carboxylic acids is 1. The van der Waals surface area contributed by atoms with E-state index in [1.54, 1.807) is 23.7 Å². The zero-order valence-electron chi connectivity index (χ0n) is 10.8. The number of hydrogen-bond donors (Lipinski definition) is 2. The molecule has 1 aromatic carbocycles. The number of carboxylic acid groups (broad SMARTS) is 2. The first-order chi connectivity index (χ1) is 9.49. The Balaban J connectivity index is 2.24. The fraction of sp³-hybridized carbons (Fsp3) is 0.231. The Kier molecular flexibility index (Phi) is 3.79. The monoisotopic (exact) mass is 275 g/mol. The van der Waals surface area contributed by atoms with Crippen LogP contribution in [0.25, 0.3) is 5.69 Å². The Hall–Kier alpha value is -2.70. The first-order valence-corrected chi connectivity index (χ1v) is 5.95. The van der Waals surface area contributed by atoms with Gasteiger partial charge in [-0.1, -0.05) is 5.21 Å². The number of benzene rings is 1. The van der Waals surface area contributed by atoms with Gasteiger partial charge in [-0.2, -0.15) is 0 Å². The van der Waals surface area contributed by atoms with Crippen molar-refractivity contribution < 1.29 is 19.8 Å². The molecule has 0 amide bonds. The highest BCUT2D eigenvalue weighted by molar-refractivity contribution is 5.87. The van der Waals surface area contributed by atoms with E-state index in [-0.39, 0.29) is 12.0 Å². The first kappa shape index (κ1) is 13.7. The van der Waals surface area contributed by atoms with Crippen LogP contribution in [0.5, 0.6) is 0 Å². The van der Waals surface area contributed by atoms with Crippen molar-refractivity contribution in [2.24, 2.45) is 0 Å². The molecule has 0 saturated carbocycles. The summed E-state index contributed by atoms with van der Waals surface area (Å²) in [7, 11) is 0. The quantitative estimate of drug-likeness (QED) is 0.851. The second-order valence-electron chi connectivity index (χ2n) is 4.28. The third-order valence-electron chi connectivity index (χ3n) is 2.92. The molecule has 0 saturated heterocycles. The molecule has 104 valence electrons. The van der Waals surface area contributed by atoms with Gasteiger partial charge in [0.25, 0.3) is 0 Å². The summed E-state index contributed by atoms with van der Waals surface area (Å²) in [6.45, 7) is 1.79. The van der Waals surface area contributed by atoms with Crippen molar-refractivity contribution in [3.05, 3.63) is 41.2 Å². The molecular weight excluding hydrogens is 262 g/mol. The van der Waals surface area contributed by atoms with Crippen molar-refractivity contribution in [3.8, 4) is 5.69 Å². The predicted octanol–water partition coefficient (Wildman–Crippen LogP) is 1.29. The number of rotatable bonds is 5. The first-order valence-electron chi connectivity index (χ1n) is 5.95. The SMILES string of the molecule is Cc1c(CCC(=O)O)nnn1-c1ccc(C(=O)O)cc1. The molecule has 2 aromatic rings. The molecule has 0 bridgehead atoms. The molecular formula is C13H13N3O4. The van der Waals surface area contributed by atoms with E-state index in [0.717, 1.165) is 5.69 Å². The van der Waals surface area contributed by atoms with Crippen LogP contribution >= 0.6 is 0 Å². The number of nitrogens with zero attached hydrogens (tertiary/aromatic N) is 3. The molecule has 0 aliphatic carbocycles. The van der Waals surface area contributed by atoms with E-state index >= 15 is 0 Å². The molecule has 0 fully saturated rings. The van der Waals surface area contributed by atoms with E-state index in [2.05, 4.69) is 10.3 Å². The van der Waals surface area contributed by atoms with E-state index in [1.807, 2.05) is 0 Å². The van der Waals surface area contributed by atoms with Crippen LogP contribution in [0.1, 0.15) is 28.2 Å². The Labute approximate surface area is 114 Å². The van der Waals surface area contributed by atoms with E-state index in [1.165, 1.54) is 12.1 Å². The van der Waals surface area contributed by atoms with Crippen molar-refractivity contribution in [2.45, 2.75) is 19.8 Å². The average molecular weight is 275 g/mol. The van der Waals surface area contributed by atoms with E-state index in [4.69, 9.17) is 10.2 Å². The maximum atomic E-state index is 10.8. The van der Waals surface area contributed by atoms with E-state index < -0.39 is 11.9 Å². The summed E-state index contributed by atoms with van der Waals surface area (Å²) in [4.78, 5) is 21.3. The minimum atomic E-state index is -0.992. The lowest BCUT2D eigenvalue weighted by atomic mass is 10.2. The molecule has 20 heavy (non-hydrogen) atoms. The van der Waals surface area contributed by atoms with Crippen molar-refractivity contribution in [1.82, 2.24) is 15.0 Å². The topological polar surface area (TPSA) is 105 Å². The lowest BCUT2D eigenvalue weighted by Crippen LogP contribution is -2.02. The van der Waals surface area contributed by atoms with Crippen LogP contribution in [0.15, 0.2) is 24.3 Å². The number of aromatic nitrogens is 3. The van der Waals surface area contributed by atoms with Gasteiger partial charge in [0.05, 0.1) is 29.1 Å². The van der Waals surface area contributed by atoms with E-state index in [9.17, 15) is 9.59 Å². The largest absolute Gasteiger partial charge is 0.481 e. The van der Waals surface area contributed by atoms with Gasteiger partial charge in [0.2, 0.25) is 0 Å². The summed E-state index contributed by atoms with van der Waals surface area (Å²) in [5.74, 6) is -1.88. The molecule has 0 aliphatic rings. The summed E-state index contributed by atoms with van der Waals surface area (Å²) in [5, 5.41) is 25.4. The highest BCUT2D eigenvalue weighted by atomic mass is 16.4. The van der Waals surface area contributed by atoms with Gasteiger partial charge in [-0.25, -0.2) is 9.48 Å². The standard InChI is InChI=1S/C13H13N3O4/c1-8-11(6-7-12(17)18)14-15-16(8)10-4-2-9(3-5-10)13(19)20/h2-5H,6-7H2,1H3,(H,17,18)(H,19,20). The maximum absolute atomic E-state index is 10.8. The van der Waals surface area contributed by atoms with Crippen molar-refractivity contribution >= 4 is 11.9 Å². The Morgan fingerprint density at radius 2 is 1.85 bits per heavy atom. The summed E-state index contributed by atoms with van der Waals surface area (Å²) < 4.78 is 1.56. The zero-order chi connectivity index (χ0) is 14.7. The molecule has 0 unspecified atom stereocenters. The summed E-state index contributed by atoms with van der Waals surface area (Å²) in [6, 6.07) is 6.23. The molecule has 2 N–H and O–H groups in total. The Bertz CT molecular complexity index is 646. The van der Waals surface area contributed by atoms with Crippen LogP contribution in [0.4, 0.5) is 0 Å². The fourth-order valence-electron chi connectivity index (χ4n) is 1.81. The molecule has 0 radical (unpaired) electrons. The molecule has 7 nitrogen and oxygen atoms in total. The number of carboxylic acids is 2. The highest BCUT2D eigenvalue weighted by Crippen LogP contribution is 2.14. The van der Waals surface area contributed by atoms with Crippen LogP contribution in [0.2, 0.25) is 0 Å². The molecule has 0 atom stereocenters. The normalized spacial score (nSPS) is 10.4. The van der Waals surface area contributed by atoms with Gasteiger partial charge in [0, 0.05) is 6.42 Å². The molecule has 0 spiro atoms. The van der Waals surface area contributed by atoms with Gasteiger partial charge in [-0.15, -0.1) is 5.10 Å². The number of aryl methyl sites for hydroxylation is 1. The maximum Gasteiger partial charge on any atom is 0.335 e. The molecule has 7 heteroatoms. The highest BCUT2D eigenvalue weighted by Gasteiger charge is 2.12. The molecule has 1 aromatic heterocycles. The van der Waals surface area contributed by atoms with Crippen LogP contribution in [-0.4, -0.2) is 37.1 Å². The van der Waals surface area contributed by atoms with Crippen LogP contribution in [0, 0.1) is 6.92 Å². The van der Waals surface area contributed by atoms with Crippen LogP contribution in [0.3, 0.4) is 0 Å². The second-order valence-corrected chi connectivity index (χ2v) is 4.28. The van der Waals surface area contributed by atoms with Crippen molar-refractivity contribution in [2.75, 3.05) is 0 Å². The average Bonchev–Trinajstić information content (AvgIpc) is 2.78. The van der Waals surface area contributed by atoms with Gasteiger partial charge in [-0.05, 0) is 31.2 Å². The number of aliphatic carboxylic acids is 1. The molecule has 2 rings (SSSR count). The van der Waals surface area contributed by atoms with Crippen LogP contribution in [-0.2, 0) is 11.2 Å². The van der Waals surface area contributed by atoms with Crippen LogP contribution < -0.4 is 0 Å². The summed E-state index contributed by atoms with van der Waals surface area (Å²) in [6.07, 6.45) is 0.311. The number of hydrogen-bond acceptors (Lipinski definition) is 4. The summed E-state index contributed by atoms with van der Waals surface area (Å²) in [5.41, 5.74) is 2.24. The van der Waals surface area contributed by atoms with Gasteiger partial charge >= 0.3 is 11.9 Å². The second kappa shape index (κ2) is 5.52. The number of carbonyl (C=O) groups is 2.